The van der Waals surface area contributed by atoms with Crippen LogP contribution in [-0.4, -0.2) is 95.2 Å². The van der Waals surface area contributed by atoms with Gasteiger partial charge in [-0.3, -0.25) is 24.2 Å². The number of carbonyl (C=O) groups is 3. The van der Waals surface area contributed by atoms with Crippen molar-refractivity contribution in [1.82, 2.24) is 9.80 Å². The number of likely N-dealkylation sites (N-methyl/N-ethyl adjacent to an activating group) is 2. The number of thioether (sulfide) groups is 2. The molecule has 0 spiro atoms. The number of allylic oxidation sites excluding steroid dienone is 4. The van der Waals surface area contributed by atoms with Gasteiger partial charge in [-0.15, -0.1) is 11.8 Å². The normalized spacial score (nSPS) is 16.6. The zero-order chi connectivity index (χ0) is 28.7. The number of aliphatic hydroxyl groups is 1. The van der Waals surface area contributed by atoms with E-state index in [1.54, 1.807) is 36.4 Å². The maximum atomic E-state index is 12.5. The third-order valence-corrected chi connectivity index (χ3v) is 8.90. The zero-order valence-corrected chi connectivity index (χ0v) is 27.4. The minimum Gasteiger partial charge on any atom is -0.748 e. The fourth-order valence-electron chi connectivity index (χ4n) is 3.65. The Kier molecular flexibility index (Phi) is 13.4. The van der Waals surface area contributed by atoms with Crippen molar-refractivity contribution in [2.24, 2.45) is 0 Å². The Morgan fingerprint density at radius 1 is 1.18 bits per heavy atom. The summed E-state index contributed by atoms with van der Waals surface area (Å²) in [5, 5.41) is 12.5. The summed E-state index contributed by atoms with van der Waals surface area (Å²) in [5.74, 6) is -1.06. The summed E-state index contributed by atoms with van der Waals surface area (Å²) in [6.07, 6.45) is 6.45. The molecule has 3 rings (SSSR count). The number of fused-ring (bicyclic) bond motifs is 1. The molecule has 1 saturated heterocycles. The minimum atomic E-state index is -4.37. The molecule has 1 aromatic carbocycles. The van der Waals surface area contributed by atoms with Gasteiger partial charge in [-0.2, -0.15) is 0 Å². The molecule has 1 fully saturated rings. The topological polar surface area (TPSA) is 150 Å². The molecule has 0 aliphatic carbocycles. The molecule has 16 heteroatoms. The molecule has 2 heterocycles. The number of aliphatic hydroxyl groups excluding tert-OH is 1. The van der Waals surface area contributed by atoms with Gasteiger partial charge in [0.1, 0.15) is 5.57 Å². The van der Waals surface area contributed by atoms with Gasteiger partial charge in [0.25, 0.3) is 11.8 Å². The van der Waals surface area contributed by atoms with Crippen LogP contribution in [0.2, 0.25) is 0 Å². The number of nitrogens with zero attached hydrogens (tertiary/aromatic N) is 3. The van der Waals surface area contributed by atoms with E-state index >= 15 is 0 Å². The quantitative estimate of drug-likeness (QED) is 0.0750. The molecular formula is C24H27N4NaO7S4. The molecule has 2 aliphatic rings. The van der Waals surface area contributed by atoms with Crippen LogP contribution < -0.4 is 39.8 Å². The first-order valence-electron chi connectivity index (χ1n) is 11.6. The fourth-order valence-corrected chi connectivity index (χ4v) is 5.97. The molecular weight excluding hydrogens is 608 g/mol. The maximum Gasteiger partial charge on any atom is 1.00 e. The van der Waals surface area contributed by atoms with E-state index in [-0.39, 0.29) is 71.5 Å². The predicted molar refractivity (Wildman–Crippen MR) is 155 cm³/mol. The average Bonchev–Trinajstić information content (AvgIpc) is 3.21. The molecule has 2 aliphatic heterocycles. The van der Waals surface area contributed by atoms with E-state index in [1.807, 2.05) is 4.90 Å². The van der Waals surface area contributed by atoms with E-state index in [1.165, 1.54) is 53.5 Å². The molecule has 0 bridgehead atoms. The van der Waals surface area contributed by atoms with Gasteiger partial charge in [0.2, 0.25) is 5.91 Å². The Morgan fingerprint density at radius 3 is 2.45 bits per heavy atom. The van der Waals surface area contributed by atoms with Gasteiger partial charge >= 0.3 is 29.6 Å². The van der Waals surface area contributed by atoms with E-state index in [9.17, 15) is 27.4 Å². The van der Waals surface area contributed by atoms with Gasteiger partial charge in [0.15, 0.2) is 5.11 Å². The van der Waals surface area contributed by atoms with Gasteiger partial charge < -0.3 is 19.9 Å². The van der Waals surface area contributed by atoms with E-state index in [2.05, 4.69) is 5.32 Å². The Hall–Kier alpha value is -1.69. The molecule has 0 radical (unpaired) electrons. The summed E-state index contributed by atoms with van der Waals surface area (Å²) in [5.41, 5.74) is 1.32. The maximum absolute atomic E-state index is 12.5. The minimum absolute atomic E-state index is 0. The van der Waals surface area contributed by atoms with Gasteiger partial charge in [-0.1, -0.05) is 23.9 Å². The Balaban J connectivity index is 0.00000560. The van der Waals surface area contributed by atoms with Crippen LogP contribution in [0.15, 0.2) is 58.0 Å². The van der Waals surface area contributed by atoms with Crippen LogP contribution in [0.1, 0.15) is 6.42 Å². The van der Waals surface area contributed by atoms with Crippen LogP contribution in [0.3, 0.4) is 0 Å². The Labute approximate surface area is 269 Å². The zero-order valence-electron chi connectivity index (χ0n) is 22.2. The standard InChI is InChI=1S/C24H28N4O7S4.Na/c1-26-22(31)17(23(32)27(2)24(26)36)6-3-4-7-21-28(10-5-13-39(33,34)35)18-9-8-16(14-19(18)38-21)25-20(30)15-37-12-11-29;/h3-4,6-9,14,29H,5,10-13,15H2,1-2H3,(H,25,30)(H,33,34,35);/q;+1/p-1/b4-3+,21-7-;. The van der Waals surface area contributed by atoms with Crippen LogP contribution in [0.5, 0.6) is 0 Å². The van der Waals surface area contributed by atoms with Gasteiger partial charge in [-0.05, 0) is 49.0 Å². The largest absolute Gasteiger partial charge is 1.00 e. The molecule has 3 amide bonds. The molecule has 0 aromatic heterocycles. The van der Waals surface area contributed by atoms with Crippen molar-refractivity contribution in [2.45, 2.75) is 11.3 Å². The second-order valence-electron chi connectivity index (χ2n) is 8.36. The number of thiocarbonyl (C=S) groups is 1. The van der Waals surface area contributed by atoms with E-state index in [4.69, 9.17) is 17.3 Å². The number of rotatable bonds is 11. The van der Waals surface area contributed by atoms with Crippen molar-refractivity contribution in [3.8, 4) is 0 Å². The average molecular weight is 635 g/mol. The number of hydrogen-bond donors (Lipinski definition) is 2. The summed E-state index contributed by atoms with van der Waals surface area (Å²) >= 11 is 7.78. The van der Waals surface area contributed by atoms with Crippen molar-refractivity contribution in [2.75, 3.05) is 54.7 Å². The first-order chi connectivity index (χ1) is 18.4. The van der Waals surface area contributed by atoms with Crippen molar-refractivity contribution < 1.29 is 62.0 Å². The number of hydrogen-bond acceptors (Lipinski definition) is 11. The van der Waals surface area contributed by atoms with Crippen LogP contribution in [-0.2, 0) is 24.5 Å². The number of anilines is 2. The molecule has 11 nitrogen and oxygen atoms in total. The second-order valence-corrected chi connectivity index (χ2v) is 12.4. The van der Waals surface area contributed by atoms with E-state index < -0.39 is 27.7 Å². The van der Waals surface area contributed by atoms with Gasteiger partial charge in [0.05, 0.1) is 33.2 Å². The number of amides is 3. The van der Waals surface area contributed by atoms with E-state index in [0.717, 1.165) is 15.6 Å². The van der Waals surface area contributed by atoms with Crippen LogP contribution >= 0.6 is 35.7 Å². The first kappa shape index (κ1) is 34.5. The SMILES string of the molecule is CN1C(=O)C(=C/C=C/C=C2\Sc3cc(NC(=O)CSCCO)ccc3N2CCCS(=O)(=O)[O-])C(=O)N(C)C1=S.[Na+]. The molecule has 0 saturated carbocycles. The van der Waals surface area contributed by atoms with E-state index in [0.29, 0.717) is 11.4 Å². The predicted octanol–water partition coefficient (Wildman–Crippen LogP) is -1.26. The fraction of sp³-hybridized carbons (Fsp3) is 0.333. The summed E-state index contributed by atoms with van der Waals surface area (Å²) in [4.78, 5) is 42.2. The number of benzene rings is 1. The second kappa shape index (κ2) is 15.5. The van der Waals surface area contributed by atoms with Crippen molar-refractivity contribution in [1.29, 1.82) is 0 Å². The third-order valence-electron chi connectivity index (χ3n) is 5.52. The van der Waals surface area contributed by atoms with Gasteiger partial charge in [-0.25, -0.2) is 8.42 Å². The van der Waals surface area contributed by atoms with Crippen LogP contribution in [0.4, 0.5) is 11.4 Å². The molecule has 0 unspecified atom stereocenters. The monoisotopic (exact) mass is 634 g/mol. The summed E-state index contributed by atoms with van der Waals surface area (Å²) in [7, 11) is -1.39. The smallest absolute Gasteiger partial charge is 0.748 e. The molecule has 2 N–H and O–H groups in total. The van der Waals surface area contributed by atoms with Crippen LogP contribution in [0, 0.1) is 0 Å². The summed E-state index contributed by atoms with van der Waals surface area (Å²) in [6, 6.07) is 5.32. The van der Waals surface area contributed by atoms with Gasteiger partial charge in [0, 0.05) is 42.7 Å². The Bertz CT molecular complexity index is 1340. The summed E-state index contributed by atoms with van der Waals surface area (Å²) < 4.78 is 33.4. The molecule has 0 atom stereocenters. The van der Waals surface area contributed by atoms with Crippen LogP contribution in [0.25, 0.3) is 0 Å². The Morgan fingerprint density at radius 2 is 1.82 bits per heavy atom. The molecule has 1 aromatic rings. The first-order valence-corrected chi connectivity index (χ1v) is 15.6. The molecule has 40 heavy (non-hydrogen) atoms. The molecule has 210 valence electrons. The third kappa shape index (κ3) is 9.16. The van der Waals surface area contributed by atoms with Crippen molar-refractivity contribution >= 4 is 80.1 Å². The van der Waals surface area contributed by atoms with Crippen molar-refractivity contribution in [3.63, 3.8) is 0 Å². The number of carbonyl (C=O) groups excluding carboxylic acids is 3. The summed E-state index contributed by atoms with van der Waals surface area (Å²) in [6.45, 7) is 0.252. The number of nitrogens with one attached hydrogen (secondary N) is 1. The van der Waals surface area contributed by atoms with Crippen molar-refractivity contribution in [3.05, 3.63) is 53.1 Å².